The van der Waals surface area contributed by atoms with Crippen LogP contribution in [0.15, 0.2) is 12.4 Å². The summed E-state index contributed by atoms with van der Waals surface area (Å²) in [4.78, 5) is 10.5. The molecule has 0 spiro atoms. The molecule has 1 unspecified atom stereocenters. The van der Waals surface area contributed by atoms with Crippen molar-refractivity contribution in [3.8, 4) is 0 Å². The van der Waals surface area contributed by atoms with Gasteiger partial charge in [-0.1, -0.05) is 6.92 Å². The van der Waals surface area contributed by atoms with Crippen LogP contribution >= 0.6 is 0 Å². The molecule has 3 N–H and O–H groups in total. The van der Waals surface area contributed by atoms with E-state index in [1.165, 1.54) is 0 Å². The highest BCUT2D eigenvalue weighted by molar-refractivity contribution is 5.48. The van der Waals surface area contributed by atoms with Crippen LogP contribution in [0.4, 0.5) is 11.6 Å². The SMILES string of the molecule is CCCNc1cc(N(C)C(C)CN)ncn1. The number of hydrogen-bond acceptors (Lipinski definition) is 5. The summed E-state index contributed by atoms with van der Waals surface area (Å²) in [5.74, 6) is 1.76. The van der Waals surface area contributed by atoms with Gasteiger partial charge in [0.1, 0.15) is 18.0 Å². The topological polar surface area (TPSA) is 67.1 Å². The second-order valence-corrected chi connectivity index (χ2v) is 3.88. The molecule has 5 nitrogen and oxygen atoms in total. The molecular formula is C11H21N5. The third-order valence-electron chi connectivity index (χ3n) is 2.57. The highest BCUT2D eigenvalue weighted by Gasteiger charge is 2.09. The van der Waals surface area contributed by atoms with Gasteiger partial charge in [0.25, 0.3) is 0 Å². The molecule has 1 rings (SSSR count). The van der Waals surface area contributed by atoms with E-state index >= 15 is 0 Å². The first-order valence-corrected chi connectivity index (χ1v) is 5.67. The lowest BCUT2D eigenvalue weighted by Gasteiger charge is -2.24. The molecule has 0 aliphatic carbocycles. The summed E-state index contributed by atoms with van der Waals surface area (Å²) in [7, 11) is 1.99. The molecule has 0 fully saturated rings. The number of nitrogens with one attached hydrogen (secondary N) is 1. The summed E-state index contributed by atoms with van der Waals surface area (Å²) < 4.78 is 0. The molecule has 5 heteroatoms. The third kappa shape index (κ3) is 3.34. The molecule has 0 amide bonds. The Morgan fingerprint density at radius 3 is 2.88 bits per heavy atom. The number of likely N-dealkylation sites (N-methyl/N-ethyl adjacent to an activating group) is 1. The summed E-state index contributed by atoms with van der Waals surface area (Å²) in [6, 6.07) is 2.22. The third-order valence-corrected chi connectivity index (χ3v) is 2.57. The van der Waals surface area contributed by atoms with E-state index in [-0.39, 0.29) is 6.04 Å². The van der Waals surface area contributed by atoms with Gasteiger partial charge in [-0.15, -0.1) is 0 Å². The second-order valence-electron chi connectivity index (χ2n) is 3.88. The summed E-state index contributed by atoms with van der Waals surface area (Å²) in [5, 5.41) is 3.24. The van der Waals surface area contributed by atoms with Crippen LogP contribution in [0.2, 0.25) is 0 Å². The van der Waals surface area contributed by atoms with Crippen molar-refractivity contribution in [2.24, 2.45) is 5.73 Å². The summed E-state index contributed by atoms with van der Waals surface area (Å²) in [5.41, 5.74) is 5.63. The van der Waals surface area contributed by atoms with Crippen LogP contribution < -0.4 is 16.0 Å². The van der Waals surface area contributed by atoms with E-state index in [0.29, 0.717) is 6.54 Å². The fraction of sp³-hybridized carbons (Fsp3) is 0.636. The monoisotopic (exact) mass is 223 g/mol. The molecule has 1 atom stereocenters. The van der Waals surface area contributed by atoms with Gasteiger partial charge in [0.2, 0.25) is 0 Å². The van der Waals surface area contributed by atoms with Gasteiger partial charge in [0.05, 0.1) is 0 Å². The van der Waals surface area contributed by atoms with Gasteiger partial charge in [-0.05, 0) is 13.3 Å². The Morgan fingerprint density at radius 1 is 1.50 bits per heavy atom. The van der Waals surface area contributed by atoms with Crippen LogP contribution in [0.5, 0.6) is 0 Å². The van der Waals surface area contributed by atoms with E-state index in [0.717, 1.165) is 24.6 Å². The average molecular weight is 223 g/mol. The van der Waals surface area contributed by atoms with Gasteiger partial charge in [0.15, 0.2) is 0 Å². The summed E-state index contributed by atoms with van der Waals surface area (Å²) in [6.45, 7) is 5.73. The molecule has 0 aliphatic rings. The Bertz CT molecular complexity index is 315. The standard InChI is InChI=1S/C11H21N5/c1-4-5-13-10-6-11(15-8-14-10)16(3)9(2)7-12/h6,8-9H,4-5,7,12H2,1-3H3,(H,13,14,15). The molecule has 0 saturated heterocycles. The highest BCUT2D eigenvalue weighted by Crippen LogP contribution is 2.14. The lowest BCUT2D eigenvalue weighted by Crippen LogP contribution is -2.35. The molecule has 0 aromatic carbocycles. The number of rotatable bonds is 6. The maximum Gasteiger partial charge on any atom is 0.134 e. The molecule has 0 radical (unpaired) electrons. The van der Waals surface area contributed by atoms with E-state index in [4.69, 9.17) is 5.73 Å². The van der Waals surface area contributed by atoms with Crippen LogP contribution in [0, 0.1) is 0 Å². The Balaban J connectivity index is 2.73. The number of nitrogens with zero attached hydrogens (tertiary/aromatic N) is 3. The zero-order valence-electron chi connectivity index (χ0n) is 10.3. The maximum absolute atomic E-state index is 5.63. The van der Waals surface area contributed by atoms with Gasteiger partial charge in [-0.3, -0.25) is 0 Å². The van der Waals surface area contributed by atoms with Crippen molar-refractivity contribution in [2.75, 3.05) is 30.4 Å². The van der Waals surface area contributed by atoms with Crippen molar-refractivity contribution < 1.29 is 0 Å². The predicted molar refractivity (Wildman–Crippen MR) is 67.7 cm³/mol. The molecule has 0 saturated carbocycles. The number of nitrogens with two attached hydrogens (primary N) is 1. The van der Waals surface area contributed by atoms with Crippen LogP contribution in [0.25, 0.3) is 0 Å². The van der Waals surface area contributed by atoms with E-state index in [2.05, 4.69) is 34.0 Å². The number of anilines is 2. The molecule has 1 heterocycles. The van der Waals surface area contributed by atoms with Crippen LogP contribution in [-0.4, -0.2) is 36.1 Å². The Morgan fingerprint density at radius 2 is 2.25 bits per heavy atom. The largest absolute Gasteiger partial charge is 0.370 e. The average Bonchev–Trinajstić information content (AvgIpc) is 2.34. The Hall–Kier alpha value is -1.36. The van der Waals surface area contributed by atoms with Crippen LogP contribution in [0.3, 0.4) is 0 Å². The minimum atomic E-state index is 0.272. The van der Waals surface area contributed by atoms with Crippen LogP contribution in [0.1, 0.15) is 20.3 Å². The van der Waals surface area contributed by atoms with Gasteiger partial charge in [0, 0.05) is 32.2 Å². The van der Waals surface area contributed by atoms with Crippen LogP contribution in [-0.2, 0) is 0 Å². The van der Waals surface area contributed by atoms with Crippen molar-refractivity contribution in [1.82, 2.24) is 9.97 Å². The van der Waals surface area contributed by atoms with E-state index < -0.39 is 0 Å². The lowest BCUT2D eigenvalue weighted by atomic mass is 10.3. The van der Waals surface area contributed by atoms with Crippen molar-refractivity contribution in [3.63, 3.8) is 0 Å². The first-order chi connectivity index (χ1) is 7.69. The zero-order chi connectivity index (χ0) is 12.0. The van der Waals surface area contributed by atoms with Crippen molar-refractivity contribution in [3.05, 3.63) is 12.4 Å². The maximum atomic E-state index is 5.63. The van der Waals surface area contributed by atoms with E-state index in [9.17, 15) is 0 Å². The van der Waals surface area contributed by atoms with Crippen molar-refractivity contribution in [2.45, 2.75) is 26.3 Å². The number of hydrogen-bond donors (Lipinski definition) is 2. The summed E-state index contributed by atoms with van der Waals surface area (Å²) in [6.07, 6.45) is 2.65. The normalized spacial score (nSPS) is 12.2. The van der Waals surface area contributed by atoms with E-state index in [1.54, 1.807) is 6.33 Å². The molecular weight excluding hydrogens is 202 g/mol. The molecule has 1 aromatic rings. The smallest absolute Gasteiger partial charge is 0.134 e. The van der Waals surface area contributed by atoms with Gasteiger partial charge in [-0.2, -0.15) is 0 Å². The minimum Gasteiger partial charge on any atom is -0.370 e. The molecule has 1 aromatic heterocycles. The fourth-order valence-electron chi connectivity index (χ4n) is 1.27. The van der Waals surface area contributed by atoms with Crippen molar-refractivity contribution >= 4 is 11.6 Å². The minimum absolute atomic E-state index is 0.272. The quantitative estimate of drug-likeness (QED) is 0.755. The fourth-order valence-corrected chi connectivity index (χ4v) is 1.27. The number of aromatic nitrogens is 2. The van der Waals surface area contributed by atoms with E-state index in [1.807, 2.05) is 13.1 Å². The molecule has 90 valence electrons. The van der Waals surface area contributed by atoms with Crippen molar-refractivity contribution in [1.29, 1.82) is 0 Å². The first kappa shape index (κ1) is 12.7. The predicted octanol–water partition coefficient (Wildman–Crippen LogP) is 1.08. The van der Waals surface area contributed by atoms with Gasteiger partial charge in [-0.25, -0.2) is 9.97 Å². The Kier molecular flexibility index (Phi) is 4.98. The first-order valence-electron chi connectivity index (χ1n) is 5.67. The zero-order valence-corrected chi connectivity index (χ0v) is 10.3. The lowest BCUT2D eigenvalue weighted by molar-refractivity contribution is 0.686. The second kappa shape index (κ2) is 6.27. The molecule has 0 bridgehead atoms. The summed E-state index contributed by atoms with van der Waals surface area (Å²) >= 11 is 0. The Labute approximate surface area is 97.1 Å². The van der Waals surface area contributed by atoms with Gasteiger partial charge >= 0.3 is 0 Å². The van der Waals surface area contributed by atoms with Gasteiger partial charge < -0.3 is 16.0 Å². The molecule has 0 aliphatic heterocycles. The highest BCUT2D eigenvalue weighted by atomic mass is 15.2. The molecule has 16 heavy (non-hydrogen) atoms.